The first-order valence-corrected chi connectivity index (χ1v) is 7.83. The van der Waals surface area contributed by atoms with Crippen LogP contribution in [0.5, 0.6) is 0 Å². The third-order valence-corrected chi connectivity index (χ3v) is 4.77. The van der Waals surface area contributed by atoms with Crippen molar-refractivity contribution in [2.45, 2.75) is 59.0 Å². The molecule has 2 rings (SSSR count). The van der Waals surface area contributed by atoms with E-state index in [0.717, 1.165) is 12.1 Å². The van der Waals surface area contributed by atoms with Crippen LogP contribution in [0, 0.1) is 19.8 Å². The predicted molar refractivity (Wildman–Crippen MR) is 84.3 cm³/mol. The van der Waals surface area contributed by atoms with Crippen molar-refractivity contribution in [3.05, 3.63) is 17.0 Å². The molecule has 1 aliphatic rings. The first kappa shape index (κ1) is 15.9. The van der Waals surface area contributed by atoms with E-state index in [-0.39, 0.29) is 12.1 Å². The second kappa shape index (κ2) is 6.08. The number of carbonyl (C=O) groups excluding carboxylic acids is 1. The Morgan fingerprint density at radius 3 is 2.52 bits per heavy atom. The predicted octanol–water partition coefficient (Wildman–Crippen LogP) is 2.41. The standard InChI is InChI=1S/C16H28N4O/c1-10(9-15-11(2)18-20(6)13(15)4)17-16(21)19(5)12(3)14-7-8-14/h10,12,14H,7-9H2,1-6H3,(H,17,21). The molecule has 2 atom stereocenters. The van der Waals surface area contributed by atoms with Gasteiger partial charge in [-0.05, 0) is 58.4 Å². The molecule has 1 saturated carbocycles. The highest BCUT2D eigenvalue weighted by Crippen LogP contribution is 2.34. The summed E-state index contributed by atoms with van der Waals surface area (Å²) in [5.41, 5.74) is 3.47. The van der Waals surface area contributed by atoms with Crippen molar-refractivity contribution < 1.29 is 4.79 Å². The van der Waals surface area contributed by atoms with E-state index in [4.69, 9.17) is 0 Å². The van der Waals surface area contributed by atoms with Crippen molar-refractivity contribution in [3.63, 3.8) is 0 Å². The third kappa shape index (κ3) is 3.57. The second-order valence-corrected chi connectivity index (χ2v) is 6.52. The molecule has 1 aromatic heterocycles. The summed E-state index contributed by atoms with van der Waals surface area (Å²) >= 11 is 0. The number of nitrogens with one attached hydrogen (secondary N) is 1. The molecule has 21 heavy (non-hydrogen) atoms. The molecule has 0 bridgehead atoms. The fraction of sp³-hybridized carbons (Fsp3) is 0.750. The average Bonchev–Trinajstić information content (AvgIpc) is 3.23. The molecule has 2 amide bonds. The van der Waals surface area contributed by atoms with Crippen LogP contribution in [0.4, 0.5) is 4.79 Å². The normalized spacial score (nSPS) is 17.4. The van der Waals surface area contributed by atoms with E-state index in [0.29, 0.717) is 12.0 Å². The van der Waals surface area contributed by atoms with Gasteiger partial charge in [0.25, 0.3) is 0 Å². The van der Waals surface area contributed by atoms with Gasteiger partial charge in [-0.25, -0.2) is 4.79 Å². The molecule has 0 aromatic carbocycles. The first-order valence-electron chi connectivity index (χ1n) is 7.83. The maximum atomic E-state index is 12.3. The summed E-state index contributed by atoms with van der Waals surface area (Å²) in [4.78, 5) is 14.1. The third-order valence-electron chi connectivity index (χ3n) is 4.77. The lowest BCUT2D eigenvalue weighted by molar-refractivity contribution is 0.184. The van der Waals surface area contributed by atoms with Crippen LogP contribution < -0.4 is 5.32 Å². The Morgan fingerprint density at radius 1 is 1.43 bits per heavy atom. The minimum atomic E-state index is 0.0288. The number of rotatable bonds is 5. The van der Waals surface area contributed by atoms with Gasteiger partial charge in [-0.3, -0.25) is 4.68 Å². The van der Waals surface area contributed by atoms with Gasteiger partial charge in [-0.1, -0.05) is 0 Å². The van der Waals surface area contributed by atoms with Crippen LogP contribution >= 0.6 is 0 Å². The van der Waals surface area contributed by atoms with E-state index in [1.54, 1.807) is 0 Å². The van der Waals surface area contributed by atoms with Crippen molar-refractivity contribution >= 4 is 6.03 Å². The van der Waals surface area contributed by atoms with Crippen molar-refractivity contribution in [2.24, 2.45) is 13.0 Å². The molecule has 2 unspecified atom stereocenters. The monoisotopic (exact) mass is 292 g/mol. The maximum absolute atomic E-state index is 12.3. The van der Waals surface area contributed by atoms with Crippen LogP contribution in [-0.4, -0.2) is 39.8 Å². The lowest BCUT2D eigenvalue weighted by atomic mass is 10.1. The van der Waals surface area contributed by atoms with Crippen molar-refractivity contribution in [1.82, 2.24) is 20.0 Å². The van der Waals surface area contributed by atoms with Crippen LogP contribution in [0.2, 0.25) is 0 Å². The number of hydrogen-bond acceptors (Lipinski definition) is 2. The van der Waals surface area contributed by atoms with Crippen LogP contribution in [0.15, 0.2) is 0 Å². The van der Waals surface area contributed by atoms with Gasteiger partial charge >= 0.3 is 6.03 Å². The molecule has 0 radical (unpaired) electrons. The van der Waals surface area contributed by atoms with Gasteiger partial charge in [0.15, 0.2) is 0 Å². The topological polar surface area (TPSA) is 50.2 Å². The van der Waals surface area contributed by atoms with Gasteiger partial charge in [0.05, 0.1) is 5.69 Å². The Morgan fingerprint density at radius 2 is 2.05 bits per heavy atom. The highest BCUT2D eigenvalue weighted by Gasteiger charge is 2.32. The minimum Gasteiger partial charge on any atom is -0.335 e. The summed E-state index contributed by atoms with van der Waals surface area (Å²) in [6.07, 6.45) is 3.33. The number of urea groups is 1. The zero-order valence-corrected chi connectivity index (χ0v) is 14.1. The quantitative estimate of drug-likeness (QED) is 0.906. The molecule has 118 valence electrons. The van der Waals surface area contributed by atoms with Crippen molar-refractivity contribution in [2.75, 3.05) is 7.05 Å². The molecule has 0 aliphatic heterocycles. The molecule has 1 N–H and O–H groups in total. The molecule has 5 heteroatoms. The molecular formula is C16H28N4O. The minimum absolute atomic E-state index is 0.0288. The van der Waals surface area contributed by atoms with Gasteiger partial charge in [0.2, 0.25) is 0 Å². The largest absolute Gasteiger partial charge is 0.335 e. The fourth-order valence-corrected chi connectivity index (χ4v) is 2.86. The number of aromatic nitrogens is 2. The van der Waals surface area contributed by atoms with Gasteiger partial charge in [0.1, 0.15) is 0 Å². The molecule has 0 saturated heterocycles. The molecule has 5 nitrogen and oxygen atoms in total. The van der Waals surface area contributed by atoms with Crippen LogP contribution in [0.25, 0.3) is 0 Å². The maximum Gasteiger partial charge on any atom is 0.317 e. The Balaban J connectivity index is 1.91. The molecule has 1 aliphatic carbocycles. The summed E-state index contributed by atoms with van der Waals surface area (Å²) in [7, 11) is 3.85. The van der Waals surface area contributed by atoms with Gasteiger partial charge in [-0.15, -0.1) is 0 Å². The van der Waals surface area contributed by atoms with Gasteiger partial charge < -0.3 is 10.2 Å². The molecule has 1 heterocycles. The first-order chi connectivity index (χ1) is 9.81. The summed E-state index contributed by atoms with van der Waals surface area (Å²) in [5.74, 6) is 0.693. The Bertz CT molecular complexity index is 519. The Labute approximate surface area is 127 Å². The SMILES string of the molecule is Cc1nn(C)c(C)c1CC(C)NC(=O)N(C)C(C)C1CC1. The lowest BCUT2D eigenvalue weighted by Crippen LogP contribution is -2.46. The van der Waals surface area contributed by atoms with Crippen molar-refractivity contribution in [1.29, 1.82) is 0 Å². The number of carbonyl (C=O) groups is 1. The number of aryl methyl sites for hydroxylation is 2. The number of amides is 2. The highest BCUT2D eigenvalue weighted by atomic mass is 16.2. The van der Waals surface area contributed by atoms with Crippen LogP contribution in [0.3, 0.4) is 0 Å². The Kier molecular flexibility index (Phi) is 4.59. The summed E-state index contributed by atoms with van der Waals surface area (Å²) in [6.45, 7) is 8.29. The fourth-order valence-electron chi connectivity index (χ4n) is 2.86. The van der Waals surface area contributed by atoms with E-state index in [1.807, 2.05) is 30.6 Å². The van der Waals surface area contributed by atoms with Crippen molar-refractivity contribution in [3.8, 4) is 0 Å². The highest BCUT2D eigenvalue weighted by molar-refractivity contribution is 5.74. The smallest absolute Gasteiger partial charge is 0.317 e. The summed E-state index contributed by atoms with van der Waals surface area (Å²) in [5, 5.41) is 7.54. The summed E-state index contributed by atoms with van der Waals surface area (Å²) in [6, 6.07) is 0.466. The molecule has 0 spiro atoms. The Hall–Kier alpha value is -1.52. The van der Waals surface area contributed by atoms with Gasteiger partial charge in [0, 0.05) is 31.9 Å². The number of nitrogens with zero attached hydrogens (tertiary/aromatic N) is 3. The zero-order chi connectivity index (χ0) is 15.7. The molecular weight excluding hydrogens is 264 g/mol. The van der Waals surface area contributed by atoms with Crippen LogP contribution in [-0.2, 0) is 13.5 Å². The van der Waals surface area contributed by atoms with E-state index >= 15 is 0 Å². The van der Waals surface area contributed by atoms with Crippen LogP contribution in [0.1, 0.15) is 43.6 Å². The molecule has 1 fully saturated rings. The lowest BCUT2D eigenvalue weighted by Gasteiger charge is -2.27. The zero-order valence-electron chi connectivity index (χ0n) is 14.1. The van der Waals surface area contributed by atoms with E-state index in [1.165, 1.54) is 24.1 Å². The van der Waals surface area contributed by atoms with Gasteiger partial charge in [-0.2, -0.15) is 5.10 Å². The van der Waals surface area contributed by atoms with E-state index < -0.39 is 0 Å². The number of hydrogen-bond donors (Lipinski definition) is 1. The molecule has 1 aromatic rings. The van der Waals surface area contributed by atoms with E-state index in [9.17, 15) is 4.79 Å². The van der Waals surface area contributed by atoms with E-state index in [2.05, 4.69) is 31.2 Å². The average molecular weight is 292 g/mol. The summed E-state index contributed by atoms with van der Waals surface area (Å²) < 4.78 is 1.90. The second-order valence-electron chi connectivity index (χ2n) is 6.52.